The molecule has 2 nitrogen and oxygen atoms in total. The molecular formula is C14H9FO2S. The van der Waals surface area contributed by atoms with Crippen LogP contribution in [0.15, 0.2) is 40.1 Å². The quantitative estimate of drug-likeness (QED) is 0.647. The van der Waals surface area contributed by atoms with Crippen molar-refractivity contribution in [3.05, 3.63) is 57.7 Å². The Morgan fingerprint density at radius 2 is 2.11 bits per heavy atom. The number of halogens is 1. The van der Waals surface area contributed by atoms with Crippen molar-refractivity contribution in [2.75, 3.05) is 0 Å². The first kappa shape index (κ1) is 11.2. The first-order chi connectivity index (χ1) is 8.65. The molecule has 18 heavy (non-hydrogen) atoms. The number of furan rings is 1. The molecule has 0 aliphatic rings. The minimum absolute atomic E-state index is 0.154. The molecular weight excluding hydrogens is 251 g/mol. The molecule has 0 aliphatic carbocycles. The van der Waals surface area contributed by atoms with Gasteiger partial charge < -0.3 is 4.42 Å². The van der Waals surface area contributed by atoms with Crippen molar-refractivity contribution in [3.8, 4) is 0 Å². The number of carbonyl (C=O) groups excluding carboxylic acids is 1. The highest BCUT2D eigenvalue weighted by Gasteiger charge is 2.17. The standard InChI is InChI=1S/C14H9FO2S/c1-8-4-5-18-14(8)13(16)12-7-9-6-10(15)2-3-11(9)17-12/h2-7H,1H3. The number of ketones is 1. The predicted octanol–water partition coefficient (Wildman–Crippen LogP) is 4.17. The average molecular weight is 260 g/mol. The molecule has 0 unspecified atom stereocenters. The summed E-state index contributed by atoms with van der Waals surface area (Å²) in [7, 11) is 0. The van der Waals surface area contributed by atoms with Crippen molar-refractivity contribution in [1.29, 1.82) is 0 Å². The highest BCUT2D eigenvalue weighted by Crippen LogP contribution is 2.25. The zero-order valence-corrected chi connectivity index (χ0v) is 10.4. The lowest BCUT2D eigenvalue weighted by atomic mass is 10.2. The van der Waals surface area contributed by atoms with E-state index in [0.29, 0.717) is 15.8 Å². The van der Waals surface area contributed by atoms with Gasteiger partial charge in [-0.15, -0.1) is 11.3 Å². The summed E-state index contributed by atoms with van der Waals surface area (Å²) in [5.41, 5.74) is 1.45. The van der Waals surface area contributed by atoms with E-state index < -0.39 is 0 Å². The molecule has 0 amide bonds. The Morgan fingerprint density at radius 1 is 1.28 bits per heavy atom. The van der Waals surface area contributed by atoms with Gasteiger partial charge in [-0.05, 0) is 48.2 Å². The van der Waals surface area contributed by atoms with Crippen LogP contribution in [0.25, 0.3) is 11.0 Å². The summed E-state index contributed by atoms with van der Waals surface area (Å²) in [6, 6.07) is 7.68. The third-order valence-corrected chi connectivity index (χ3v) is 3.79. The monoisotopic (exact) mass is 260 g/mol. The Hall–Kier alpha value is -1.94. The molecule has 0 N–H and O–H groups in total. The third-order valence-electron chi connectivity index (χ3n) is 2.77. The zero-order valence-electron chi connectivity index (χ0n) is 9.57. The Kier molecular flexibility index (Phi) is 2.52. The summed E-state index contributed by atoms with van der Waals surface area (Å²) >= 11 is 1.38. The molecule has 2 heterocycles. The van der Waals surface area contributed by atoms with Gasteiger partial charge in [0.25, 0.3) is 0 Å². The largest absolute Gasteiger partial charge is 0.453 e. The van der Waals surface area contributed by atoms with Crippen molar-refractivity contribution < 1.29 is 13.6 Å². The lowest BCUT2D eigenvalue weighted by Crippen LogP contribution is -1.97. The summed E-state index contributed by atoms with van der Waals surface area (Å²) in [6.45, 7) is 1.88. The van der Waals surface area contributed by atoms with Crippen LogP contribution in [0.3, 0.4) is 0 Å². The molecule has 0 saturated heterocycles. The van der Waals surface area contributed by atoms with E-state index in [0.717, 1.165) is 5.56 Å². The lowest BCUT2D eigenvalue weighted by Gasteiger charge is -1.94. The Balaban J connectivity index is 2.10. The highest BCUT2D eigenvalue weighted by atomic mass is 32.1. The SMILES string of the molecule is Cc1ccsc1C(=O)c1cc2cc(F)ccc2o1. The van der Waals surface area contributed by atoms with Gasteiger partial charge in [0.1, 0.15) is 11.4 Å². The molecule has 2 aromatic heterocycles. The van der Waals surface area contributed by atoms with Gasteiger partial charge in [0.05, 0.1) is 4.88 Å². The summed E-state index contributed by atoms with van der Waals surface area (Å²) in [4.78, 5) is 12.9. The number of carbonyl (C=O) groups is 1. The third kappa shape index (κ3) is 1.75. The molecule has 0 radical (unpaired) electrons. The Labute approximate surface area is 107 Å². The molecule has 0 fully saturated rings. The predicted molar refractivity (Wildman–Crippen MR) is 68.7 cm³/mol. The Bertz CT molecular complexity index is 739. The van der Waals surface area contributed by atoms with Gasteiger partial charge in [0.15, 0.2) is 5.76 Å². The van der Waals surface area contributed by atoms with Crippen LogP contribution in [-0.4, -0.2) is 5.78 Å². The number of hydrogen-bond donors (Lipinski definition) is 0. The minimum Gasteiger partial charge on any atom is -0.453 e. The highest BCUT2D eigenvalue weighted by molar-refractivity contribution is 7.12. The maximum Gasteiger partial charge on any atom is 0.238 e. The van der Waals surface area contributed by atoms with Crippen molar-refractivity contribution >= 4 is 28.1 Å². The molecule has 0 aliphatic heterocycles. The van der Waals surface area contributed by atoms with Crippen LogP contribution in [0.2, 0.25) is 0 Å². The number of aryl methyl sites for hydroxylation is 1. The van der Waals surface area contributed by atoms with Gasteiger partial charge in [-0.1, -0.05) is 0 Å². The minimum atomic E-state index is -0.338. The van der Waals surface area contributed by atoms with Crippen LogP contribution in [0.1, 0.15) is 21.0 Å². The van der Waals surface area contributed by atoms with Crippen molar-refractivity contribution in [1.82, 2.24) is 0 Å². The molecule has 3 aromatic rings. The van der Waals surface area contributed by atoms with Crippen molar-refractivity contribution in [2.45, 2.75) is 6.92 Å². The van der Waals surface area contributed by atoms with Gasteiger partial charge in [-0.3, -0.25) is 4.79 Å². The van der Waals surface area contributed by atoms with Crippen molar-refractivity contribution in [3.63, 3.8) is 0 Å². The number of benzene rings is 1. The maximum atomic E-state index is 13.1. The molecule has 1 aromatic carbocycles. The van der Waals surface area contributed by atoms with E-state index >= 15 is 0 Å². The van der Waals surface area contributed by atoms with Crippen LogP contribution in [0.5, 0.6) is 0 Å². The number of fused-ring (bicyclic) bond motifs is 1. The van der Waals surface area contributed by atoms with Gasteiger partial charge in [0, 0.05) is 5.39 Å². The smallest absolute Gasteiger partial charge is 0.238 e. The van der Waals surface area contributed by atoms with E-state index in [9.17, 15) is 9.18 Å². The molecule has 0 bridgehead atoms. The van der Waals surface area contributed by atoms with Gasteiger partial charge in [-0.25, -0.2) is 4.39 Å². The second kappa shape index (κ2) is 4.07. The van der Waals surface area contributed by atoms with E-state index in [-0.39, 0.29) is 17.4 Å². The summed E-state index contributed by atoms with van der Waals surface area (Å²) in [5, 5.41) is 2.47. The maximum absolute atomic E-state index is 13.1. The van der Waals surface area contributed by atoms with Crippen LogP contribution in [-0.2, 0) is 0 Å². The Morgan fingerprint density at radius 3 is 2.83 bits per heavy atom. The van der Waals surface area contributed by atoms with Crippen molar-refractivity contribution in [2.24, 2.45) is 0 Å². The van der Waals surface area contributed by atoms with Crippen LogP contribution >= 0.6 is 11.3 Å². The molecule has 0 saturated carbocycles. The van der Waals surface area contributed by atoms with E-state index in [4.69, 9.17) is 4.42 Å². The second-order valence-corrected chi connectivity index (χ2v) is 4.97. The average Bonchev–Trinajstić information content (AvgIpc) is 2.93. The molecule has 4 heteroatoms. The lowest BCUT2D eigenvalue weighted by molar-refractivity contribution is 0.101. The fraction of sp³-hybridized carbons (Fsp3) is 0.0714. The number of rotatable bonds is 2. The first-order valence-electron chi connectivity index (χ1n) is 5.43. The van der Waals surface area contributed by atoms with Gasteiger partial charge in [0.2, 0.25) is 5.78 Å². The fourth-order valence-corrected chi connectivity index (χ4v) is 2.71. The van der Waals surface area contributed by atoms with E-state index in [1.54, 1.807) is 6.07 Å². The molecule has 0 spiro atoms. The van der Waals surface area contributed by atoms with E-state index in [1.165, 1.54) is 29.5 Å². The second-order valence-electron chi connectivity index (χ2n) is 4.05. The summed E-state index contributed by atoms with van der Waals surface area (Å²) < 4.78 is 18.5. The topological polar surface area (TPSA) is 30.2 Å². The summed E-state index contributed by atoms with van der Waals surface area (Å²) in [5.74, 6) is -0.241. The number of hydrogen-bond acceptors (Lipinski definition) is 3. The summed E-state index contributed by atoms with van der Waals surface area (Å²) in [6.07, 6.45) is 0. The fourth-order valence-electron chi connectivity index (χ4n) is 1.84. The van der Waals surface area contributed by atoms with E-state index in [1.807, 2.05) is 18.4 Å². The molecule has 90 valence electrons. The van der Waals surface area contributed by atoms with Crippen LogP contribution < -0.4 is 0 Å². The van der Waals surface area contributed by atoms with Gasteiger partial charge in [-0.2, -0.15) is 0 Å². The van der Waals surface area contributed by atoms with Gasteiger partial charge >= 0.3 is 0 Å². The van der Waals surface area contributed by atoms with Crippen LogP contribution in [0.4, 0.5) is 4.39 Å². The first-order valence-corrected chi connectivity index (χ1v) is 6.31. The zero-order chi connectivity index (χ0) is 12.7. The number of thiophene rings is 1. The van der Waals surface area contributed by atoms with E-state index in [2.05, 4.69) is 0 Å². The normalized spacial score (nSPS) is 11.0. The molecule has 3 rings (SSSR count). The van der Waals surface area contributed by atoms with Crippen LogP contribution in [0, 0.1) is 12.7 Å². The molecule has 0 atom stereocenters.